The third-order valence-corrected chi connectivity index (χ3v) is 6.33. The van der Waals surface area contributed by atoms with Gasteiger partial charge in [0.15, 0.2) is 16.8 Å². The van der Waals surface area contributed by atoms with Crippen LogP contribution in [0.2, 0.25) is 5.02 Å². The van der Waals surface area contributed by atoms with Gasteiger partial charge in [-0.3, -0.25) is 9.79 Å². The molecule has 0 bridgehead atoms. The molecule has 1 aliphatic rings. The zero-order valence-corrected chi connectivity index (χ0v) is 17.0. The molecule has 0 aliphatic heterocycles. The maximum atomic E-state index is 14.4. The number of carbonyl (C=O) groups excluding carboxylic acids is 1. The Bertz CT molecular complexity index is 969. The highest BCUT2D eigenvalue weighted by atomic mass is 35.5. The second kappa shape index (κ2) is 8.05. The van der Waals surface area contributed by atoms with Gasteiger partial charge in [-0.1, -0.05) is 30.3 Å². The molecule has 2 aromatic rings. The Labute approximate surface area is 170 Å². The number of nitrogens with zero attached hydrogens (tertiary/aromatic N) is 2. The number of hydrogen-bond donors (Lipinski definition) is 2. The molecule has 1 aromatic carbocycles. The fourth-order valence-electron chi connectivity index (χ4n) is 3.15. The first-order valence-electron chi connectivity index (χ1n) is 8.54. The van der Waals surface area contributed by atoms with Gasteiger partial charge in [0.05, 0.1) is 5.02 Å². The molecule has 5 nitrogen and oxygen atoms in total. The van der Waals surface area contributed by atoms with Crippen molar-refractivity contribution in [2.75, 3.05) is 12.4 Å². The number of nitrogens with one attached hydrogen (secondary N) is 1. The number of aliphatic imine (C=N–C) groups is 1. The molecule has 1 aromatic heterocycles. The molecule has 0 saturated heterocycles. The van der Waals surface area contributed by atoms with E-state index in [2.05, 4.69) is 15.3 Å². The van der Waals surface area contributed by atoms with Gasteiger partial charge in [0.1, 0.15) is 5.69 Å². The Morgan fingerprint density at radius 2 is 2.07 bits per heavy atom. The summed E-state index contributed by atoms with van der Waals surface area (Å²) in [6.07, 6.45) is 1.35. The van der Waals surface area contributed by atoms with Crippen LogP contribution in [0.4, 0.5) is 14.5 Å². The first kappa shape index (κ1) is 20.5. The Hall–Kier alpha value is -2.19. The second-order valence-corrected chi connectivity index (χ2v) is 8.30. The van der Waals surface area contributed by atoms with Gasteiger partial charge in [0.2, 0.25) is 0 Å². The molecule has 3 atom stereocenters. The normalized spacial score (nSPS) is 21.5. The lowest BCUT2D eigenvalue weighted by Gasteiger charge is -2.11. The summed E-state index contributed by atoms with van der Waals surface area (Å²) in [5.41, 5.74) is 6.86. The third kappa shape index (κ3) is 4.12. The number of aromatic nitrogens is 1. The highest BCUT2D eigenvalue weighted by molar-refractivity contribution is 8.14. The minimum absolute atomic E-state index is 0.00345. The van der Waals surface area contributed by atoms with Crippen LogP contribution in [0.1, 0.15) is 34.5 Å². The molecule has 3 N–H and O–H groups in total. The number of aryl methyl sites for hydroxylation is 1. The minimum atomic E-state index is -1.02. The van der Waals surface area contributed by atoms with Crippen molar-refractivity contribution in [1.82, 2.24) is 4.98 Å². The van der Waals surface area contributed by atoms with Crippen molar-refractivity contribution in [3.8, 4) is 0 Å². The number of anilines is 1. The fourth-order valence-corrected chi connectivity index (χ4v) is 4.58. The van der Waals surface area contributed by atoms with E-state index < -0.39 is 17.5 Å². The minimum Gasteiger partial charge on any atom is -0.379 e. The molecule has 28 heavy (non-hydrogen) atoms. The molecular weight excluding hydrogens is 406 g/mol. The van der Waals surface area contributed by atoms with Crippen LogP contribution in [0, 0.1) is 24.5 Å². The number of thioether (sulfide) groups is 1. The molecule has 148 valence electrons. The number of amidine groups is 1. The Morgan fingerprint density at radius 3 is 2.71 bits per heavy atom. The van der Waals surface area contributed by atoms with Gasteiger partial charge in [-0.05, 0) is 36.1 Å². The molecular formula is C19H19ClF2N4OS. The zero-order valence-electron chi connectivity index (χ0n) is 15.5. The Kier molecular flexibility index (Phi) is 5.90. The molecule has 1 heterocycles. The van der Waals surface area contributed by atoms with Crippen LogP contribution in [-0.4, -0.2) is 28.4 Å². The average molecular weight is 425 g/mol. The average Bonchev–Trinajstić information content (AvgIpc) is 3.26. The highest BCUT2D eigenvalue weighted by Crippen LogP contribution is 2.55. The van der Waals surface area contributed by atoms with Crippen LogP contribution in [0.3, 0.4) is 0 Å². The van der Waals surface area contributed by atoms with Gasteiger partial charge in [0.25, 0.3) is 5.91 Å². The molecule has 0 radical (unpaired) electrons. The molecule has 3 unspecified atom stereocenters. The van der Waals surface area contributed by atoms with Crippen LogP contribution in [0.25, 0.3) is 0 Å². The summed E-state index contributed by atoms with van der Waals surface area (Å²) in [5.74, 6) is -2.57. The van der Waals surface area contributed by atoms with Gasteiger partial charge >= 0.3 is 0 Å². The summed E-state index contributed by atoms with van der Waals surface area (Å²) in [4.78, 5) is 20.4. The summed E-state index contributed by atoms with van der Waals surface area (Å²) < 4.78 is 28.6. The third-order valence-electron chi connectivity index (χ3n) is 4.71. The van der Waals surface area contributed by atoms with Crippen LogP contribution < -0.4 is 11.1 Å². The van der Waals surface area contributed by atoms with Crippen molar-refractivity contribution in [3.05, 3.63) is 57.9 Å². The molecule has 9 heteroatoms. The van der Waals surface area contributed by atoms with Crippen molar-refractivity contribution in [2.24, 2.45) is 16.6 Å². The van der Waals surface area contributed by atoms with E-state index in [0.29, 0.717) is 15.8 Å². The number of rotatable bonds is 4. The van der Waals surface area contributed by atoms with Crippen LogP contribution in [0.15, 0.2) is 29.4 Å². The van der Waals surface area contributed by atoms with E-state index in [9.17, 15) is 13.6 Å². The van der Waals surface area contributed by atoms with Gasteiger partial charge in [-0.25, -0.2) is 13.8 Å². The van der Waals surface area contributed by atoms with Gasteiger partial charge in [-0.15, -0.1) is 0 Å². The topological polar surface area (TPSA) is 80.4 Å². The second-order valence-electron chi connectivity index (χ2n) is 6.66. The SMILES string of the molecule is CN=C(N)SC1C(C)C1c1cc(NC(=O)c2ncc(Cl)cc2C)cc(F)c1F. The molecule has 0 spiro atoms. The number of carbonyl (C=O) groups is 1. The van der Waals surface area contributed by atoms with Crippen LogP contribution >= 0.6 is 23.4 Å². The van der Waals surface area contributed by atoms with Crippen LogP contribution in [0.5, 0.6) is 0 Å². The number of amides is 1. The van der Waals surface area contributed by atoms with Crippen molar-refractivity contribution in [3.63, 3.8) is 0 Å². The maximum absolute atomic E-state index is 14.4. The van der Waals surface area contributed by atoms with Crippen molar-refractivity contribution < 1.29 is 13.6 Å². The van der Waals surface area contributed by atoms with E-state index in [4.69, 9.17) is 17.3 Å². The van der Waals surface area contributed by atoms with Crippen molar-refractivity contribution >= 4 is 40.1 Å². The van der Waals surface area contributed by atoms with E-state index in [-0.39, 0.29) is 34.0 Å². The Morgan fingerprint density at radius 1 is 1.36 bits per heavy atom. The largest absolute Gasteiger partial charge is 0.379 e. The number of hydrogen-bond acceptors (Lipinski definition) is 4. The number of halogens is 3. The van der Waals surface area contributed by atoms with E-state index in [1.165, 1.54) is 24.0 Å². The molecule has 1 fully saturated rings. The summed E-state index contributed by atoms with van der Waals surface area (Å²) in [6.45, 7) is 3.63. The van der Waals surface area contributed by atoms with E-state index >= 15 is 0 Å². The highest BCUT2D eigenvalue weighted by Gasteiger charge is 2.50. The van der Waals surface area contributed by atoms with Gasteiger partial charge in [-0.2, -0.15) is 0 Å². The quantitative estimate of drug-likeness (QED) is 0.564. The van der Waals surface area contributed by atoms with Gasteiger partial charge < -0.3 is 11.1 Å². The zero-order chi connectivity index (χ0) is 20.6. The van der Waals surface area contributed by atoms with E-state index in [1.807, 2.05) is 6.92 Å². The lowest BCUT2D eigenvalue weighted by Crippen LogP contribution is -2.16. The van der Waals surface area contributed by atoms with Gasteiger partial charge in [0, 0.05) is 36.2 Å². The van der Waals surface area contributed by atoms with Crippen LogP contribution in [-0.2, 0) is 0 Å². The molecule has 1 saturated carbocycles. The maximum Gasteiger partial charge on any atom is 0.274 e. The number of benzene rings is 1. The van der Waals surface area contributed by atoms with Crippen molar-refractivity contribution in [2.45, 2.75) is 25.0 Å². The summed E-state index contributed by atoms with van der Waals surface area (Å²) in [7, 11) is 1.58. The Balaban J connectivity index is 1.85. The monoisotopic (exact) mass is 424 g/mol. The summed E-state index contributed by atoms with van der Waals surface area (Å²) >= 11 is 7.19. The van der Waals surface area contributed by atoms with Crippen molar-refractivity contribution in [1.29, 1.82) is 0 Å². The number of pyridine rings is 1. The van der Waals surface area contributed by atoms with E-state index in [0.717, 1.165) is 6.07 Å². The molecule has 1 amide bonds. The molecule has 3 rings (SSSR count). The predicted octanol–water partition coefficient (Wildman–Crippen LogP) is 4.35. The summed E-state index contributed by atoms with van der Waals surface area (Å²) in [6, 6.07) is 4.02. The first-order chi connectivity index (χ1) is 13.2. The lowest BCUT2D eigenvalue weighted by molar-refractivity contribution is 0.102. The molecule has 1 aliphatic carbocycles. The standard InChI is InChI=1S/C19H19ClF2N4OS/c1-8-4-10(20)7-25-16(8)18(27)26-11-5-12(15(22)13(21)6-11)14-9(2)17(14)28-19(23)24-3/h4-7,9,14,17H,1-3H3,(H2,23,24)(H,26,27). The summed E-state index contributed by atoms with van der Waals surface area (Å²) in [5, 5.41) is 3.39. The first-order valence-corrected chi connectivity index (χ1v) is 9.80. The predicted molar refractivity (Wildman–Crippen MR) is 109 cm³/mol. The smallest absolute Gasteiger partial charge is 0.274 e. The lowest BCUT2D eigenvalue weighted by atomic mass is 10.1. The fraction of sp³-hybridized carbons (Fsp3) is 0.316. The number of nitrogens with two attached hydrogens (primary N) is 1. The van der Waals surface area contributed by atoms with E-state index in [1.54, 1.807) is 20.0 Å².